The van der Waals surface area contributed by atoms with Gasteiger partial charge in [-0.05, 0) is 56.4 Å². The Morgan fingerprint density at radius 2 is 1.97 bits per heavy atom. The zero-order chi connectivity index (χ0) is 21.1. The lowest BCUT2D eigenvalue weighted by molar-refractivity contribution is -0.00961. The van der Waals surface area contributed by atoms with Gasteiger partial charge in [-0.1, -0.05) is 48.2 Å². The molecular formula is C24H28N2O3S. The molecule has 0 radical (unpaired) electrons. The van der Waals surface area contributed by atoms with E-state index < -0.39 is 6.10 Å². The molecule has 2 atom stereocenters. The largest absolute Gasteiger partial charge is 0.390 e. The van der Waals surface area contributed by atoms with Gasteiger partial charge >= 0.3 is 0 Å². The number of para-hydroxylation sites is 1. The molecule has 0 saturated heterocycles. The number of aromatic nitrogens is 2. The third-order valence-electron chi connectivity index (χ3n) is 5.50. The lowest BCUT2D eigenvalue weighted by Gasteiger charge is -2.26. The third kappa shape index (κ3) is 4.46. The second-order valence-electron chi connectivity index (χ2n) is 8.06. The van der Waals surface area contributed by atoms with E-state index in [1.54, 1.807) is 4.57 Å². The maximum Gasteiger partial charge on any atom is 0.262 e. The van der Waals surface area contributed by atoms with Crippen LogP contribution in [0.3, 0.4) is 0 Å². The fourth-order valence-electron chi connectivity index (χ4n) is 4.01. The number of thioether (sulfide) groups is 1. The number of hydrogen-bond donors (Lipinski definition) is 1. The maximum atomic E-state index is 12.9. The van der Waals surface area contributed by atoms with E-state index in [-0.39, 0.29) is 24.3 Å². The predicted molar refractivity (Wildman–Crippen MR) is 121 cm³/mol. The number of aryl methyl sites for hydroxylation is 1. The van der Waals surface area contributed by atoms with Crippen molar-refractivity contribution in [3.05, 3.63) is 70.0 Å². The fourth-order valence-corrected chi connectivity index (χ4v) is 5.04. The molecule has 5 nitrogen and oxygen atoms in total. The van der Waals surface area contributed by atoms with Gasteiger partial charge in [-0.25, -0.2) is 4.98 Å². The van der Waals surface area contributed by atoms with Gasteiger partial charge in [-0.3, -0.25) is 9.36 Å². The number of benzene rings is 2. The van der Waals surface area contributed by atoms with Crippen molar-refractivity contribution in [1.82, 2.24) is 9.55 Å². The summed E-state index contributed by atoms with van der Waals surface area (Å²) in [5.41, 5.74) is 3.24. The van der Waals surface area contributed by atoms with E-state index >= 15 is 0 Å². The molecule has 1 aliphatic carbocycles. The first kappa shape index (κ1) is 21.1. The summed E-state index contributed by atoms with van der Waals surface area (Å²) in [5.74, 6) is 0.422. The molecule has 3 aromatic rings. The fraction of sp³-hybridized carbons (Fsp3) is 0.417. The van der Waals surface area contributed by atoms with Crippen LogP contribution in [-0.4, -0.2) is 33.1 Å². The van der Waals surface area contributed by atoms with E-state index in [0.717, 1.165) is 19.3 Å². The van der Waals surface area contributed by atoms with E-state index in [2.05, 4.69) is 23.2 Å². The molecule has 6 heteroatoms. The number of fused-ring (bicyclic) bond motifs is 2. The number of hydrogen-bond acceptors (Lipinski definition) is 5. The molecule has 0 unspecified atom stereocenters. The van der Waals surface area contributed by atoms with Crippen molar-refractivity contribution in [2.75, 3.05) is 12.4 Å². The number of nitrogens with zero attached hydrogens (tertiary/aromatic N) is 2. The van der Waals surface area contributed by atoms with Crippen LogP contribution in [0.25, 0.3) is 10.9 Å². The molecule has 1 aliphatic rings. The van der Waals surface area contributed by atoms with Crippen LogP contribution in [0.5, 0.6) is 0 Å². The van der Waals surface area contributed by atoms with Crippen molar-refractivity contribution in [2.45, 2.75) is 56.5 Å². The van der Waals surface area contributed by atoms with E-state index in [1.807, 2.05) is 44.2 Å². The van der Waals surface area contributed by atoms with Crippen molar-refractivity contribution >= 4 is 22.7 Å². The van der Waals surface area contributed by atoms with Gasteiger partial charge in [0.1, 0.15) is 0 Å². The molecule has 30 heavy (non-hydrogen) atoms. The summed E-state index contributed by atoms with van der Waals surface area (Å²) in [7, 11) is 0. The average molecular weight is 425 g/mol. The van der Waals surface area contributed by atoms with Crippen molar-refractivity contribution in [1.29, 1.82) is 0 Å². The van der Waals surface area contributed by atoms with Crippen molar-refractivity contribution in [2.24, 2.45) is 0 Å². The van der Waals surface area contributed by atoms with E-state index in [0.29, 0.717) is 21.8 Å². The number of rotatable bonds is 7. The smallest absolute Gasteiger partial charge is 0.262 e. The van der Waals surface area contributed by atoms with E-state index in [1.165, 1.54) is 22.9 Å². The molecule has 1 heterocycles. The van der Waals surface area contributed by atoms with Crippen molar-refractivity contribution < 1.29 is 9.84 Å². The highest BCUT2D eigenvalue weighted by atomic mass is 32.2. The molecule has 0 bridgehead atoms. The molecule has 0 saturated carbocycles. The summed E-state index contributed by atoms with van der Waals surface area (Å²) in [6, 6.07) is 15.8. The number of aliphatic hydroxyl groups is 1. The summed E-state index contributed by atoms with van der Waals surface area (Å²) in [4.78, 5) is 17.6. The Hall–Kier alpha value is -2.15. The second kappa shape index (κ2) is 9.33. The monoisotopic (exact) mass is 424 g/mol. The zero-order valence-electron chi connectivity index (χ0n) is 17.5. The zero-order valence-corrected chi connectivity index (χ0v) is 18.3. The number of ether oxygens (including phenoxy) is 1. The lowest BCUT2D eigenvalue weighted by atomic mass is 9.89. The van der Waals surface area contributed by atoms with Crippen LogP contribution < -0.4 is 5.56 Å². The van der Waals surface area contributed by atoms with Gasteiger partial charge in [0.2, 0.25) is 0 Å². The second-order valence-corrected chi connectivity index (χ2v) is 9.05. The highest BCUT2D eigenvalue weighted by Gasteiger charge is 2.22. The van der Waals surface area contributed by atoms with Crippen LogP contribution in [0, 0.1) is 0 Å². The minimum atomic E-state index is -0.631. The topological polar surface area (TPSA) is 64.3 Å². The third-order valence-corrected chi connectivity index (χ3v) is 6.60. The summed E-state index contributed by atoms with van der Waals surface area (Å²) in [5, 5.41) is 11.8. The Labute approximate surface area is 181 Å². The molecule has 0 fully saturated rings. The van der Waals surface area contributed by atoms with Gasteiger partial charge in [0, 0.05) is 11.8 Å². The van der Waals surface area contributed by atoms with Crippen LogP contribution in [0.1, 0.15) is 50.0 Å². The molecule has 1 N–H and O–H groups in total. The molecular weight excluding hydrogens is 396 g/mol. The summed E-state index contributed by atoms with van der Waals surface area (Å²) in [6.07, 6.45) is 2.59. The molecule has 4 rings (SSSR count). The van der Waals surface area contributed by atoms with E-state index in [4.69, 9.17) is 4.74 Å². The van der Waals surface area contributed by atoms with Crippen molar-refractivity contribution in [3.63, 3.8) is 0 Å². The van der Waals surface area contributed by atoms with Gasteiger partial charge in [-0.15, -0.1) is 0 Å². The first-order valence-electron chi connectivity index (χ1n) is 10.6. The van der Waals surface area contributed by atoms with Crippen LogP contribution >= 0.6 is 11.8 Å². The van der Waals surface area contributed by atoms with Crippen LogP contribution in [0.2, 0.25) is 0 Å². The molecule has 2 aromatic carbocycles. The van der Waals surface area contributed by atoms with Crippen LogP contribution in [0.15, 0.2) is 58.5 Å². The number of aliphatic hydroxyl groups excluding tert-OH is 1. The Kier molecular flexibility index (Phi) is 6.56. The van der Waals surface area contributed by atoms with Crippen LogP contribution in [0.4, 0.5) is 0 Å². The molecule has 1 aromatic heterocycles. The molecule has 0 spiro atoms. The highest BCUT2D eigenvalue weighted by Crippen LogP contribution is 2.32. The summed E-state index contributed by atoms with van der Waals surface area (Å²) >= 11 is 1.41. The van der Waals surface area contributed by atoms with Gasteiger partial charge in [0.25, 0.3) is 5.56 Å². The Bertz CT molecular complexity index is 1080. The van der Waals surface area contributed by atoms with E-state index in [9.17, 15) is 9.90 Å². The SMILES string of the molecule is CC(C)n1c(SC[C@H](O)CO[C@@H]2CCCc3ccccc32)nc2ccccc2c1=O. The predicted octanol–water partition coefficient (Wildman–Crippen LogP) is 4.52. The quantitative estimate of drug-likeness (QED) is 0.446. The normalized spacial score (nSPS) is 17.3. The molecule has 0 aliphatic heterocycles. The average Bonchev–Trinajstić information content (AvgIpc) is 2.76. The lowest BCUT2D eigenvalue weighted by Crippen LogP contribution is -2.26. The maximum absolute atomic E-state index is 12.9. The minimum Gasteiger partial charge on any atom is -0.390 e. The molecule has 158 valence electrons. The first-order chi connectivity index (χ1) is 14.5. The minimum absolute atomic E-state index is 0.00996. The van der Waals surface area contributed by atoms with Gasteiger partial charge in [0.05, 0.1) is 29.7 Å². The van der Waals surface area contributed by atoms with Gasteiger partial charge < -0.3 is 9.84 Å². The Morgan fingerprint density at radius 3 is 2.80 bits per heavy atom. The highest BCUT2D eigenvalue weighted by molar-refractivity contribution is 7.99. The van der Waals surface area contributed by atoms with Crippen molar-refractivity contribution in [3.8, 4) is 0 Å². The Morgan fingerprint density at radius 1 is 1.20 bits per heavy atom. The first-order valence-corrected chi connectivity index (χ1v) is 11.5. The summed E-state index contributed by atoms with van der Waals surface area (Å²) < 4.78 is 7.79. The molecule has 0 amide bonds. The van der Waals surface area contributed by atoms with Gasteiger partial charge in [0.15, 0.2) is 5.16 Å². The standard InChI is InChI=1S/C24H28N2O3S/c1-16(2)26-23(28)20-11-5-6-12-21(20)25-24(26)30-15-18(27)14-29-22-13-7-9-17-8-3-4-10-19(17)22/h3-6,8,10-12,16,18,22,27H,7,9,13-15H2,1-2H3/t18-,22-/m1/s1. The summed E-state index contributed by atoms with van der Waals surface area (Å²) in [6.45, 7) is 4.22. The Balaban J connectivity index is 1.43. The van der Waals surface area contributed by atoms with Gasteiger partial charge in [-0.2, -0.15) is 0 Å². The van der Waals surface area contributed by atoms with Crippen LogP contribution in [-0.2, 0) is 11.2 Å².